The van der Waals surface area contributed by atoms with Gasteiger partial charge in [0.2, 0.25) is 0 Å². The third-order valence-corrected chi connectivity index (χ3v) is 3.73. The Balaban J connectivity index is 2.07. The van der Waals surface area contributed by atoms with Gasteiger partial charge in [-0.3, -0.25) is 4.98 Å². The van der Waals surface area contributed by atoms with E-state index in [0.717, 1.165) is 5.69 Å². The summed E-state index contributed by atoms with van der Waals surface area (Å²) in [6.45, 7) is 0. The van der Waals surface area contributed by atoms with Gasteiger partial charge in [-0.25, -0.2) is 0 Å². The van der Waals surface area contributed by atoms with Gasteiger partial charge in [-0.1, -0.05) is 30.3 Å². The van der Waals surface area contributed by atoms with Gasteiger partial charge in [-0.15, -0.1) is 11.8 Å². The maximum Gasteiger partial charge on any atom is 0.0705 e. The highest BCUT2D eigenvalue weighted by molar-refractivity contribution is 7.99. The van der Waals surface area contributed by atoms with Crippen LogP contribution in [0.1, 0.15) is 5.56 Å². The van der Waals surface area contributed by atoms with Gasteiger partial charge in [0.1, 0.15) is 0 Å². The molecule has 0 unspecified atom stereocenters. The second-order valence-corrected chi connectivity index (χ2v) is 4.78. The van der Waals surface area contributed by atoms with E-state index in [1.807, 2.05) is 24.0 Å². The van der Waals surface area contributed by atoms with Crippen LogP contribution >= 0.6 is 11.8 Å². The Morgan fingerprint density at radius 3 is 2.87 bits per heavy atom. The van der Waals surface area contributed by atoms with E-state index in [-0.39, 0.29) is 0 Å². The molecular weight excluding hydrogens is 202 g/mol. The zero-order chi connectivity index (χ0) is 10.1. The van der Waals surface area contributed by atoms with Crippen molar-refractivity contribution >= 4 is 11.8 Å². The summed E-state index contributed by atoms with van der Waals surface area (Å²) in [6.07, 6.45) is 3.19. The van der Waals surface area contributed by atoms with E-state index in [0.29, 0.717) is 0 Å². The first-order valence-electron chi connectivity index (χ1n) is 5.10. The molecule has 0 amide bonds. The van der Waals surface area contributed by atoms with Crippen molar-refractivity contribution in [2.24, 2.45) is 0 Å². The predicted molar refractivity (Wildman–Crippen MR) is 64.1 cm³/mol. The van der Waals surface area contributed by atoms with Gasteiger partial charge in [0.25, 0.3) is 0 Å². The molecule has 0 radical (unpaired) electrons. The fourth-order valence-corrected chi connectivity index (χ4v) is 2.86. The first kappa shape index (κ1) is 8.98. The van der Waals surface area contributed by atoms with Gasteiger partial charge in [-0.2, -0.15) is 0 Å². The quantitative estimate of drug-likeness (QED) is 0.720. The lowest BCUT2D eigenvalue weighted by molar-refractivity contribution is 1.11. The first-order valence-corrected chi connectivity index (χ1v) is 6.09. The van der Waals surface area contributed by atoms with Crippen molar-refractivity contribution < 1.29 is 0 Å². The van der Waals surface area contributed by atoms with E-state index in [2.05, 4.69) is 35.3 Å². The van der Waals surface area contributed by atoms with Crippen LogP contribution in [-0.4, -0.2) is 10.7 Å². The van der Waals surface area contributed by atoms with Crippen LogP contribution in [0.25, 0.3) is 11.3 Å². The van der Waals surface area contributed by atoms with E-state index in [1.165, 1.54) is 28.2 Å². The Morgan fingerprint density at radius 2 is 2.00 bits per heavy atom. The number of hydrogen-bond donors (Lipinski definition) is 0. The first-order chi connectivity index (χ1) is 7.43. The predicted octanol–water partition coefficient (Wildman–Crippen LogP) is 3.40. The molecule has 1 aromatic carbocycles. The fraction of sp³-hybridized carbons (Fsp3) is 0.154. The summed E-state index contributed by atoms with van der Waals surface area (Å²) in [7, 11) is 0. The number of fused-ring (bicyclic) bond motifs is 1. The average molecular weight is 213 g/mol. The standard InChI is InChI=1S/C13H11NS/c1-2-4-10(5-3-1)12-8-11-6-7-15-13(11)9-14-12/h1-5,8-9H,6-7H2. The summed E-state index contributed by atoms with van der Waals surface area (Å²) < 4.78 is 0. The number of pyridine rings is 1. The van der Waals surface area contributed by atoms with Gasteiger partial charge in [0, 0.05) is 22.4 Å². The average Bonchev–Trinajstić information content (AvgIpc) is 2.77. The number of aromatic nitrogens is 1. The number of rotatable bonds is 1. The minimum atomic E-state index is 1.09. The Hall–Kier alpha value is -1.28. The zero-order valence-corrected chi connectivity index (χ0v) is 9.13. The van der Waals surface area contributed by atoms with E-state index in [9.17, 15) is 0 Å². The minimum Gasteiger partial charge on any atom is -0.255 e. The molecule has 0 saturated heterocycles. The Labute approximate surface area is 93.6 Å². The van der Waals surface area contributed by atoms with Gasteiger partial charge in [0.15, 0.2) is 0 Å². The molecule has 1 aromatic heterocycles. The monoisotopic (exact) mass is 213 g/mol. The smallest absolute Gasteiger partial charge is 0.0705 e. The van der Waals surface area contributed by atoms with Gasteiger partial charge in [0.05, 0.1) is 5.69 Å². The summed E-state index contributed by atoms with van der Waals surface area (Å²) in [4.78, 5) is 5.86. The number of hydrogen-bond acceptors (Lipinski definition) is 2. The van der Waals surface area contributed by atoms with Crippen LogP contribution in [0.5, 0.6) is 0 Å². The number of nitrogens with zero attached hydrogens (tertiary/aromatic N) is 1. The highest BCUT2D eigenvalue weighted by Crippen LogP contribution is 2.32. The van der Waals surface area contributed by atoms with Crippen LogP contribution in [0.4, 0.5) is 0 Å². The van der Waals surface area contributed by atoms with Crippen LogP contribution in [0.2, 0.25) is 0 Å². The number of benzene rings is 1. The molecule has 15 heavy (non-hydrogen) atoms. The van der Waals surface area contributed by atoms with Gasteiger partial charge >= 0.3 is 0 Å². The molecule has 0 saturated carbocycles. The molecule has 0 atom stereocenters. The van der Waals surface area contributed by atoms with E-state index < -0.39 is 0 Å². The molecule has 2 aromatic rings. The molecule has 1 aliphatic heterocycles. The summed E-state index contributed by atoms with van der Waals surface area (Å²) in [5, 5.41) is 0. The van der Waals surface area contributed by atoms with E-state index >= 15 is 0 Å². The van der Waals surface area contributed by atoms with Crippen molar-refractivity contribution in [3.8, 4) is 11.3 Å². The third-order valence-electron chi connectivity index (χ3n) is 2.65. The van der Waals surface area contributed by atoms with Crippen LogP contribution in [0.15, 0.2) is 47.5 Å². The molecular formula is C13H11NS. The second kappa shape index (κ2) is 3.70. The van der Waals surface area contributed by atoms with E-state index in [1.54, 1.807) is 0 Å². The molecule has 2 heterocycles. The molecule has 3 rings (SSSR count). The molecule has 2 heteroatoms. The third kappa shape index (κ3) is 1.65. The van der Waals surface area contributed by atoms with Gasteiger partial charge < -0.3 is 0 Å². The molecule has 0 bridgehead atoms. The SMILES string of the molecule is c1ccc(-c2cc3c(cn2)SCC3)cc1. The van der Waals surface area contributed by atoms with Crippen molar-refractivity contribution in [1.29, 1.82) is 0 Å². The van der Waals surface area contributed by atoms with Crippen molar-refractivity contribution in [1.82, 2.24) is 4.98 Å². The Bertz CT molecular complexity index is 479. The normalized spacial score (nSPS) is 13.9. The topological polar surface area (TPSA) is 12.9 Å². The molecule has 0 aliphatic carbocycles. The van der Waals surface area contributed by atoms with Crippen molar-refractivity contribution in [2.75, 3.05) is 5.75 Å². The van der Waals surface area contributed by atoms with Crippen LogP contribution in [-0.2, 0) is 6.42 Å². The summed E-state index contributed by atoms with van der Waals surface area (Å²) in [6, 6.07) is 12.6. The zero-order valence-electron chi connectivity index (χ0n) is 8.31. The van der Waals surface area contributed by atoms with Gasteiger partial charge in [-0.05, 0) is 18.1 Å². The highest BCUT2D eigenvalue weighted by Gasteiger charge is 2.12. The minimum absolute atomic E-state index is 1.09. The summed E-state index contributed by atoms with van der Waals surface area (Å²) in [5.74, 6) is 1.20. The number of thioether (sulfide) groups is 1. The molecule has 0 spiro atoms. The summed E-state index contributed by atoms with van der Waals surface area (Å²) >= 11 is 1.91. The molecule has 1 nitrogen and oxygen atoms in total. The Kier molecular flexibility index (Phi) is 2.22. The van der Waals surface area contributed by atoms with Crippen molar-refractivity contribution in [3.63, 3.8) is 0 Å². The van der Waals surface area contributed by atoms with Crippen molar-refractivity contribution in [3.05, 3.63) is 48.2 Å². The molecule has 0 N–H and O–H groups in total. The highest BCUT2D eigenvalue weighted by atomic mass is 32.2. The van der Waals surface area contributed by atoms with Crippen LogP contribution in [0.3, 0.4) is 0 Å². The lowest BCUT2D eigenvalue weighted by Crippen LogP contribution is -1.87. The summed E-state index contributed by atoms with van der Waals surface area (Å²) in [5.41, 5.74) is 3.75. The Morgan fingerprint density at radius 1 is 1.13 bits per heavy atom. The fourth-order valence-electron chi connectivity index (χ4n) is 1.85. The second-order valence-electron chi connectivity index (χ2n) is 3.64. The number of aryl methyl sites for hydroxylation is 1. The largest absolute Gasteiger partial charge is 0.255 e. The molecule has 1 aliphatic rings. The molecule has 74 valence electrons. The maximum atomic E-state index is 4.50. The lowest BCUT2D eigenvalue weighted by Gasteiger charge is -2.03. The maximum absolute atomic E-state index is 4.50. The van der Waals surface area contributed by atoms with Crippen LogP contribution in [0, 0.1) is 0 Å². The lowest BCUT2D eigenvalue weighted by atomic mass is 10.1. The van der Waals surface area contributed by atoms with E-state index in [4.69, 9.17) is 0 Å². The van der Waals surface area contributed by atoms with Crippen molar-refractivity contribution in [2.45, 2.75) is 11.3 Å². The van der Waals surface area contributed by atoms with Crippen LogP contribution < -0.4 is 0 Å². The molecule has 0 fully saturated rings.